The smallest absolute Gasteiger partial charge is 0.261 e. The van der Waals surface area contributed by atoms with E-state index < -0.39 is 0 Å². The molecule has 3 aromatic carbocycles. The Hall–Kier alpha value is -4.88. The molecule has 2 heterocycles. The van der Waals surface area contributed by atoms with E-state index in [1.165, 1.54) is 4.90 Å². The van der Waals surface area contributed by atoms with Crippen molar-refractivity contribution in [2.75, 3.05) is 17.2 Å². The number of fused-ring (bicyclic) bond motifs is 1. The number of imide groups is 1. The van der Waals surface area contributed by atoms with E-state index in [0.717, 1.165) is 24.2 Å². The summed E-state index contributed by atoms with van der Waals surface area (Å²) in [6.07, 6.45) is 1.60. The number of hydrogen-bond acceptors (Lipinski definition) is 8. The number of rotatable bonds is 9. The number of carbonyl (C=O) groups excluding carboxylic acids is 2. The number of anilines is 4. The highest BCUT2D eigenvalue weighted by atomic mass is 79.9. The number of para-hydroxylation sites is 2. The van der Waals surface area contributed by atoms with Gasteiger partial charge in [0.2, 0.25) is 0 Å². The van der Waals surface area contributed by atoms with Gasteiger partial charge < -0.3 is 10.6 Å². The van der Waals surface area contributed by atoms with Crippen LogP contribution in [-0.4, -0.2) is 28.2 Å². The standard InChI is InChI=1S/C31H26BrN7O2/c1-3-4-15-39-30(40)22-16-25(32)26(17-23(22)31(39)41)37-38-27-19(2)24(18-33)28(34-20-11-7-5-8-12-20)36-29(27)35-21-13-9-6-10-14-21/h5-14,16-17H,3-4,15H2,1-2H3,(H2,34,35,36). The van der Waals surface area contributed by atoms with Crippen LogP contribution in [0.5, 0.6) is 0 Å². The second-order valence-corrected chi connectivity index (χ2v) is 10.3. The summed E-state index contributed by atoms with van der Waals surface area (Å²) in [4.78, 5) is 31.8. The number of halogens is 1. The van der Waals surface area contributed by atoms with Gasteiger partial charge in [-0.1, -0.05) is 49.7 Å². The van der Waals surface area contributed by atoms with Crippen LogP contribution in [0, 0.1) is 18.3 Å². The lowest BCUT2D eigenvalue weighted by Gasteiger charge is -2.16. The molecule has 0 atom stereocenters. The Labute approximate surface area is 246 Å². The average molecular weight is 608 g/mol. The molecule has 2 amide bonds. The Morgan fingerprint density at radius 2 is 1.49 bits per heavy atom. The van der Waals surface area contributed by atoms with Gasteiger partial charge in [-0.15, -0.1) is 10.2 Å². The molecular formula is C31H26BrN7O2. The van der Waals surface area contributed by atoms with Gasteiger partial charge in [-0.25, -0.2) is 4.98 Å². The number of nitrogens with one attached hydrogen (secondary N) is 2. The molecular weight excluding hydrogens is 582 g/mol. The number of nitriles is 1. The molecule has 204 valence electrons. The van der Waals surface area contributed by atoms with E-state index >= 15 is 0 Å². The number of amides is 2. The van der Waals surface area contributed by atoms with Crippen LogP contribution in [0.3, 0.4) is 0 Å². The van der Waals surface area contributed by atoms with Gasteiger partial charge in [0.25, 0.3) is 11.8 Å². The van der Waals surface area contributed by atoms with Gasteiger partial charge >= 0.3 is 0 Å². The fourth-order valence-corrected chi connectivity index (χ4v) is 4.87. The number of unbranched alkanes of at least 4 members (excludes halogenated alkanes) is 1. The summed E-state index contributed by atoms with van der Waals surface area (Å²) in [5, 5.41) is 25.5. The monoisotopic (exact) mass is 607 g/mol. The molecule has 0 unspecified atom stereocenters. The number of benzene rings is 3. The molecule has 0 fully saturated rings. The molecule has 0 bridgehead atoms. The van der Waals surface area contributed by atoms with E-state index in [9.17, 15) is 14.9 Å². The van der Waals surface area contributed by atoms with Crippen molar-refractivity contribution >= 4 is 62.1 Å². The minimum Gasteiger partial charge on any atom is -0.339 e. The predicted molar refractivity (Wildman–Crippen MR) is 162 cm³/mol. The molecule has 0 saturated carbocycles. The third kappa shape index (κ3) is 5.71. The van der Waals surface area contributed by atoms with Gasteiger partial charge in [0, 0.05) is 28.0 Å². The molecule has 0 spiro atoms. The minimum absolute atomic E-state index is 0.292. The lowest BCUT2D eigenvalue weighted by molar-refractivity contribution is 0.0652. The van der Waals surface area contributed by atoms with E-state index in [0.29, 0.717) is 56.3 Å². The van der Waals surface area contributed by atoms with Gasteiger partial charge in [0.05, 0.1) is 16.7 Å². The maximum atomic E-state index is 13.0. The average Bonchev–Trinajstić information content (AvgIpc) is 3.20. The van der Waals surface area contributed by atoms with Crippen LogP contribution in [0.15, 0.2) is 87.5 Å². The Bertz CT molecular complexity index is 1700. The van der Waals surface area contributed by atoms with Crippen molar-refractivity contribution < 1.29 is 9.59 Å². The SMILES string of the molecule is CCCCN1C(=O)c2cc(Br)c(N=Nc3c(Nc4ccccc4)nc(Nc4ccccc4)c(C#N)c3C)cc2C1=O. The largest absolute Gasteiger partial charge is 0.339 e. The molecule has 9 nitrogen and oxygen atoms in total. The predicted octanol–water partition coefficient (Wildman–Crippen LogP) is 8.32. The first-order valence-corrected chi connectivity index (χ1v) is 13.9. The Morgan fingerprint density at radius 3 is 2.07 bits per heavy atom. The summed E-state index contributed by atoms with van der Waals surface area (Å²) >= 11 is 3.48. The lowest BCUT2D eigenvalue weighted by Crippen LogP contribution is -2.30. The summed E-state index contributed by atoms with van der Waals surface area (Å²) in [7, 11) is 0. The van der Waals surface area contributed by atoms with Crippen LogP contribution in [-0.2, 0) is 0 Å². The van der Waals surface area contributed by atoms with Crippen molar-refractivity contribution in [2.24, 2.45) is 10.2 Å². The quantitative estimate of drug-likeness (QED) is 0.146. The zero-order chi connectivity index (χ0) is 28.9. The molecule has 1 aliphatic rings. The molecule has 1 aliphatic heterocycles. The van der Waals surface area contributed by atoms with Crippen LogP contribution >= 0.6 is 15.9 Å². The zero-order valence-electron chi connectivity index (χ0n) is 22.5. The molecule has 0 saturated heterocycles. The number of nitrogens with zero attached hydrogens (tertiary/aromatic N) is 5. The molecule has 1 aromatic heterocycles. The summed E-state index contributed by atoms with van der Waals surface area (Å²) in [6.45, 7) is 4.16. The molecule has 0 aliphatic carbocycles. The van der Waals surface area contributed by atoms with Gasteiger partial charge in [-0.3, -0.25) is 14.5 Å². The Kier molecular flexibility index (Phi) is 8.17. The maximum Gasteiger partial charge on any atom is 0.261 e. The second-order valence-electron chi connectivity index (χ2n) is 9.42. The van der Waals surface area contributed by atoms with E-state index in [4.69, 9.17) is 4.98 Å². The molecule has 41 heavy (non-hydrogen) atoms. The number of pyridine rings is 1. The van der Waals surface area contributed by atoms with Crippen molar-refractivity contribution in [1.29, 1.82) is 5.26 Å². The van der Waals surface area contributed by atoms with E-state index in [2.05, 4.69) is 42.9 Å². The minimum atomic E-state index is -0.338. The van der Waals surface area contributed by atoms with Crippen molar-refractivity contribution in [3.05, 3.63) is 99.5 Å². The maximum absolute atomic E-state index is 13.0. The molecule has 2 N–H and O–H groups in total. The summed E-state index contributed by atoms with van der Waals surface area (Å²) < 4.78 is 0.518. The highest BCUT2D eigenvalue weighted by Crippen LogP contribution is 2.39. The van der Waals surface area contributed by atoms with E-state index in [1.54, 1.807) is 19.1 Å². The fraction of sp³-hybridized carbons (Fsp3) is 0.161. The normalized spacial score (nSPS) is 12.5. The lowest BCUT2D eigenvalue weighted by atomic mass is 10.1. The van der Waals surface area contributed by atoms with Gasteiger partial charge in [-0.05, 0) is 65.7 Å². The Morgan fingerprint density at radius 1 is 0.902 bits per heavy atom. The molecule has 4 aromatic rings. The van der Waals surface area contributed by atoms with Crippen molar-refractivity contribution in [2.45, 2.75) is 26.7 Å². The first kappa shape index (κ1) is 27.7. The van der Waals surface area contributed by atoms with Crippen molar-refractivity contribution in [3.8, 4) is 6.07 Å². The zero-order valence-corrected chi connectivity index (χ0v) is 24.1. The number of aromatic nitrogens is 1. The van der Waals surface area contributed by atoms with Crippen LogP contribution in [0.1, 0.15) is 51.6 Å². The highest BCUT2D eigenvalue weighted by Gasteiger charge is 2.36. The Balaban J connectivity index is 1.56. The van der Waals surface area contributed by atoms with E-state index in [1.807, 2.05) is 67.6 Å². The van der Waals surface area contributed by atoms with Crippen LogP contribution in [0.2, 0.25) is 0 Å². The molecule has 0 radical (unpaired) electrons. The summed E-state index contributed by atoms with van der Waals surface area (Å²) in [5.41, 5.74) is 3.82. The second kappa shape index (κ2) is 12.1. The first-order valence-electron chi connectivity index (χ1n) is 13.1. The first-order chi connectivity index (χ1) is 19.9. The number of carbonyl (C=O) groups is 2. The van der Waals surface area contributed by atoms with Gasteiger partial charge in [0.1, 0.15) is 17.4 Å². The summed E-state index contributed by atoms with van der Waals surface area (Å²) in [6, 6.07) is 24.4. The van der Waals surface area contributed by atoms with Crippen LogP contribution < -0.4 is 10.6 Å². The van der Waals surface area contributed by atoms with Crippen LogP contribution in [0.4, 0.5) is 34.4 Å². The van der Waals surface area contributed by atoms with E-state index in [-0.39, 0.29) is 11.8 Å². The number of hydrogen-bond donors (Lipinski definition) is 2. The van der Waals surface area contributed by atoms with Gasteiger partial charge in [0.15, 0.2) is 11.6 Å². The summed E-state index contributed by atoms with van der Waals surface area (Å²) in [5.74, 6) is 0.125. The third-order valence-electron chi connectivity index (χ3n) is 6.63. The topological polar surface area (TPSA) is 123 Å². The third-order valence-corrected chi connectivity index (χ3v) is 7.27. The van der Waals surface area contributed by atoms with Crippen molar-refractivity contribution in [1.82, 2.24) is 9.88 Å². The molecule has 5 rings (SSSR count). The highest BCUT2D eigenvalue weighted by molar-refractivity contribution is 9.10. The van der Waals surface area contributed by atoms with Crippen LogP contribution in [0.25, 0.3) is 0 Å². The molecule has 10 heteroatoms. The fourth-order valence-electron chi connectivity index (χ4n) is 4.45. The van der Waals surface area contributed by atoms with Gasteiger partial charge in [-0.2, -0.15) is 5.26 Å². The number of azo groups is 1. The van der Waals surface area contributed by atoms with Crippen molar-refractivity contribution in [3.63, 3.8) is 0 Å².